The minimum atomic E-state index is -0.263. The zero-order valence-corrected chi connectivity index (χ0v) is 16.2. The van der Waals surface area contributed by atoms with Crippen LogP contribution in [0.2, 0.25) is 0 Å². The number of rotatable bonds is 4. The fourth-order valence-corrected chi connectivity index (χ4v) is 4.02. The summed E-state index contributed by atoms with van der Waals surface area (Å²) >= 11 is 0. The monoisotopic (exact) mass is 377 g/mol. The van der Waals surface area contributed by atoms with Gasteiger partial charge >= 0.3 is 0 Å². The summed E-state index contributed by atoms with van der Waals surface area (Å²) in [7, 11) is 1.68. The summed E-state index contributed by atoms with van der Waals surface area (Å²) in [6.07, 6.45) is 1.87. The van der Waals surface area contributed by atoms with Gasteiger partial charge in [0.05, 0.1) is 17.3 Å². The number of fused-ring (bicyclic) bond motifs is 1. The molecule has 1 fully saturated rings. The van der Waals surface area contributed by atoms with E-state index in [0.717, 1.165) is 47.1 Å². The van der Waals surface area contributed by atoms with Crippen molar-refractivity contribution in [3.8, 4) is 11.3 Å². The molecule has 4 rings (SSSR count). The quantitative estimate of drug-likeness (QED) is 0.746. The predicted octanol–water partition coefficient (Wildman–Crippen LogP) is 4.06. The molecule has 1 aromatic heterocycles. The summed E-state index contributed by atoms with van der Waals surface area (Å²) in [6, 6.07) is 14.7. The smallest absolute Gasteiger partial charge is 0.237 e. The van der Waals surface area contributed by atoms with E-state index in [4.69, 9.17) is 4.98 Å². The van der Waals surface area contributed by atoms with E-state index in [9.17, 15) is 9.18 Å². The normalized spacial score (nSPS) is 17.2. The van der Waals surface area contributed by atoms with Gasteiger partial charge in [0.2, 0.25) is 5.91 Å². The summed E-state index contributed by atoms with van der Waals surface area (Å²) in [5.41, 5.74) is 4.88. The molecule has 2 aromatic carbocycles. The molecular weight excluding hydrogens is 353 g/mol. The number of carbonyl (C=O) groups excluding carboxylic acids is 1. The third-order valence-corrected chi connectivity index (χ3v) is 5.45. The van der Waals surface area contributed by atoms with Gasteiger partial charge in [0.15, 0.2) is 0 Å². The Balaban J connectivity index is 1.79. The van der Waals surface area contributed by atoms with E-state index in [2.05, 4.69) is 29.3 Å². The van der Waals surface area contributed by atoms with Crippen LogP contribution in [0.1, 0.15) is 24.0 Å². The summed E-state index contributed by atoms with van der Waals surface area (Å²) < 4.78 is 13.4. The van der Waals surface area contributed by atoms with Crippen LogP contribution >= 0.6 is 0 Å². The largest absolute Gasteiger partial charge is 0.358 e. The molecule has 3 aromatic rings. The summed E-state index contributed by atoms with van der Waals surface area (Å²) in [5.74, 6) is -0.202. The van der Waals surface area contributed by atoms with E-state index < -0.39 is 0 Å². The summed E-state index contributed by atoms with van der Waals surface area (Å²) in [4.78, 5) is 19.4. The minimum absolute atomic E-state index is 0.0606. The number of aromatic nitrogens is 1. The molecule has 4 nitrogen and oxygen atoms in total. The van der Waals surface area contributed by atoms with Crippen molar-refractivity contribution in [3.63, 3.8) is 0 Å². The number of carbonyl (C=O) groups is 1. The van der Waals surface area contributed by atoms with E-state index in [1.165, 1.54) is 17.7 Å². The molecule has 2 heterocycles. The number of pyridine rings is 1. The number of nitrogens with one attached hydrogen (secondary N) is 1. The van der Waals surface area contributed by atoms with Crippen molar-refractivity contribution < 1.29 is 9.18 Å². The van der Waals surface area contributed by atoms with Crippen LogP contribution in [0, 0.1) is 12.7 Å². The molecular formula is C23H24FN3O. The zero-order valence-electron chi connectivity index (χ0n) is 16.2. The zero-order chi connectivity index (χ0) is 19.7. The maximum Gasteiger partial charge on any atom is 0.237 e. The molecule has 1 N–H and O–H groups in total. The highest BCUT2D eigenvalue weighted by molar-refractivity contribution is 5.84. The van der Waals surface area contributed by atoms with Crippen molar-refractivity contribution >= 4 is 16.8 Å². The number of benzene rings is 2. The maximum absolute atomic E-state index is 13.4. The topological polar surface area (TPSA) is 45.2 Å². The maximum atomic E-state index is 13.4. The number of likely N-dealkylation sites (tertiary alicyclic amines) is 1. The second-order valence-corrected chi connectivity index (χ2v) is 7.44. The van der Waals surface area contributed by atoms with E-state index >= 15 is 0 Å². The van der Waals surface area contributed by atoms with Gasteiger partial charge in [-0.25, -0.2) is 9.37 Å². The van der Waals surface area contributed by atoms with Gasteiger partial charge in [-0.2, -0.15) is 0 Å². The van der Waals surface area contributed by atoms with Crippen molar-refractivity contribution in [2.24, 2.45) is 0 Å². The number of halogens is 1. The Bertz CT molecular complexity index is 1020. The van der Waals surface area contributed by atoms with Crippen LogP contribution in [-0.2, 0) is 11.3 Å². The van der Waals surface area contributed by atoms with Gasteiger partial charge in [-0.15, -0.1) is 0 Å². The van der Waals surface area contributed by atoms with Gasteiger partial charge in [-0.1, -0.05) is 11.6 Å². The molecule has 1 amide bonds. The lowest BCUT2D eigenvalue weighted by atomic mass is 10.0. The first-order valence-corrected chi connectivity index (χ1v) is 9.67. The Labute approximate surface area is 164 Å². The number of aryl methyl sites for hydroxylation is 1. The molecule has 28 heavy (non-hydrogen) atoms. The molecule has 0 radical (unpaired) electrons. The molecule has 1 saturated heterocycles. The Hall–Kier alpha value is -2.79. The molecule has 1 aliphatic heterocycles. The third-order valence-electron chi connectivity index (χ3n) is 5.45. The van der Waals surface area contributed by atoms with Crippen molar-refractivity contribution in [3.05, 3.63) is 65.5 Å². The fraction of sp³-hybridized carbons (Fsp3) is 0.304. The number of amides is 1. The van der Waals surface area contributed by atoms with Crippen molar-refractivity contribution in [2.45, 2.75) is 32.4 Å². The van der Waals surface area contributed by atoms with Crippen LogP contribution in [0.15, 0.2) is 48.5 Å². The van der Waals surface area contributed by atoms with Gasteiger partial charge < -0.3 is 5.32 Å². The van der Waals surface area contributed by atoms with Crippen LogP contribution < -0.4 is 5.32 Å². The molecule has 1 unspecified atom stereocenters. The van der Waals surface area contributed by atoms with Crippen LogP contribution in [0.5, 0.6) is 0 Å². The van der Waals surface area contributed by atoms with Gasteiger partial charge in [0, 0.05) is 24.5 Å². The van der Waals surface area contributed by atoms with Gasteiger partial charge in [-0.3, -0.25) is 9.69 Å². The number of hydrogen-bond donors (Lipinski definition) is 1. The molecule has 0 aliphatic carbocycles. The van der Waals surface area contributed by atoms with Crippen LogP contribution in [0.4, 0.5) is 4.39 Å². The Kier molecular flexibility index (Phi) is 5.09. The first-order chi connectivity index (χ1) is 13.5. The average molecular weight is 377 g/mol. The second-order valence-electron chi connectivity index (χ2n) is 7.44. The average Bonchev–Trinajstić information content (AvgIpc) is 3.15. The highest BCUT2D eigenvalue weighted by atomic mass is 19.1. The third kappa shape index (κ3) is 3.62. The fourth-order valence-electron chi connectivity index (χ4n) is 4.02. The molecule has 0 spiro atoms. The molecule has 144 valence electrons. The van der Waals surface area contributed by atoms with E-state index in [1.807, 2.05) is 12.1 Å². The summed E-state index contributed by atoms with van der Waals surface area (Å²) in [5, 5.41) is 3.85. The molecule has 5 heteroatoms. The lowest BCUT2D eigenvalue weighted by Gasteiger charge is -2.24. The minimum Gasteiger partial charge on any atom is -0.358 e. The predicted molar refractivity (Wildman–Crippen MR) is 109 cm³/mol. The standard InChI is InChI=1S/C23H24FN3O/c1-15-5-10-20-17(12-15)13-18(14-27-11-3-4-21(27)23(28)25-2)22(26-20)16-6-8-19(24)9-7-16/h5-10,12-13,21H,3-4,11,14H2,1-2H3,(H,25,28). The van der Waals surface area contributed by atoms with Crippen molar-refractivity contribution in [2.75, 3.05) is 13.6 Å². The van der Waals surface area contributed by atoms with Crippen molar-refractivity contribution in [1.82, 2.24) is 15.2 Å². The number of hydrogen-bond acceptors (Lipinski definition) is 3. The van der Waals surface area contributed by atoms with E-state index in [0.29, 0.717) is 6.54 Å². The first-order valence-electron chi connectivity index (χ1n) is 9.67. The second kappa shape index (κ2) is 7.68. The van der Waals surface area contributed by atoms with Gasteiger partial charge in [0.1, 0.15) is 5.82 Å². The van der Waals surface area contributed by atoms with Crippen LogP contribution in [0.3, 0.4) is 0 Å². The summed E-state index contributed by atoms with van der Waals surface area (Å²) in [6.45, 7) is 3.59. The lowest BCUT2D eigenvalue weighted by molar-refractivity contribution is -0.125. The molecule has 1 atom stereocenters. The molecule has 0 bridgehead atoms. The van der Waals surface area contributed by atoms with Crippen LogP contribution in [0.25, 0.3) is 22.2 Å². The highest BCUT2D eigenvalue weighted by Gasteiger charge is 2.30. The van der Waals surface area contributed by atoms with Gasteiger partial charge in [0.25, 0.3) is 0 Å². The van der Waals surface area contributed by atoms with Gasteiger partial charge in [-0.05, 0) is 74.3 Å². The van der Waals surface area contributed by atoms with Crippen LogP contribution in [-0.4, -0.2) is 35.4 Å². The Morgan fingerprint density at radius 1 is 1.21 bits per heavy atom. The van der Waals surface area contributed by atoms with E-state index in [1.54, 1.807) is 19.2 Å². The highest BCUT2D eigenvalue weighted by Crippen LogP contribution is 2.30. The lowest BCUT2D eigenvalue weighted by Crippen LogP contribution is -2.41. The number of likely N-dealkylation sites (N-methyl/N-ethyl adjacent to an activating group) is 1. The number of nitrogens with zero attached hydrogens (tertiary/aromatic N) is 2. The SMILES string of the molecule is CNC(=O)C1CCCN1Cc1cc2cc(C)ccc2nc1-c1ccc(F)cc1. The van der Waals surface area contributed by atoms with E-state index in [-0.39, 0.29) is 17.8 Å². The van der Waals surface area contributed by atoms with Crippen molar-refractivity contribution in [1.29, 1.82) is 0 Å². The molecule has 0 saturated carbocycles. The Morgan fingerprint density at radius 3 is 2.75 bits per heavy atom. The Morgan fingerprint density at radius 2 is 2.00 bits per heavy atom. The molecule has 1 aliphatic rings. The first kappa shape index (κ1) is 18.6.